The van der Waals surface area contributed by atoms with E-state index in [1.807, 2.05) is 56.5 Å². The van der Waals surface area contributed by atoms with Crippen molar-refractivity contribution in [2.75, 3.05) is 24.7 Å². The molecular weight excluding hydrogens is 382 g/mol. The van der Waals surface area contributed by atoms with Gasteiger partial charge in [-0.2, -0.15) is 0 Å². The summed E-state index contributed by atoms with van der Waals surface area (Å²) in [5.41, 5.74) is 2.65. The smallest absolute Gasteiger partial charge is 0.321 e. The molecule has 154 valence electrons. The number of amides is 3. The lowest BCUT2D eigenvalue weighted by molar-refractivity contribution is -0.132. The Bertz CT molecular complexity index is 859. The maximum Gasteiger partial charge on any atom is 0.321 e. The zero-order valence-corrected chi connectivity index (χ0v) is 18.1. The van der Waals surface area contributed by atoms with E-state index in [1.54, 1.807) is 16.7 Å². The van der Waals surface area contributed by atoms with Crippen molar-refractivity contribution in [3.8, 4) is 0 Å². The van der Waals surface area contributed by atoms with Crippen molar-refractivity contribution in [3.05, 3.63) is 59.7 Å². The first-order valence-electron chi connectivity index (χ1n) is 9.93. The second kappa shape index (κ2) is 9.35. The number of thioether (sulfide) groups is 1. The van der Waals surface area contributed by atoms with Gasteiger partial charge in [-0.05, 0) is 49.8 Å². The average molecular weight is 412 g/mol. The van der Waals surface area contributed by atoms with E-state index < -0.39 is 5.41 Å². The van der Waals surface area contributed by atoms with Gasteiger partial charge in [-0.3, -0.25) is 4.79 Å². The zero-order chi connectivity index (χ0) is 20.9. The van der Waals surface area contributed by atoms with Crippen molar-refractivity contribution >= 4 is 29.4 Å². The van der Waals surface area contributed by atoms with E-state index in [0.29, 0.717) is 32.5 Å². The summed E-state index contributed by atoms with van der Waals surface area (Å²) in [7, 11) is 0. The average Bonchev–Trinajstić information content (AvgIpc) is 2.73. The number of benzene rings is 2. The van der Waals surface area contributed by atoms with Gasteiger partial charge in [0.25, 0.3) is 0 Å². The molecule has 29 heavy (non-hydrogen) atoms. The van der Waals surface area contributed by atoms with Gasteiger partial charge in [0, 0.05) is 35.6 Å². The van der Waals surface area contributed by atoms with Crippen molar-refractivity contribution in [3.63, 3.8) is 0 Å². The molecule has 5 nitrogen and oxygen atoms in total. The van der Waals surface area contributed by atoms with Crippen LogP contribution in [0.25, 0.3) is 0 Å². The van der Waals surface area contributed by atoms with Gasteiger partial charge in [-0.1, -0.05) is 42.8 Å². The number of nitrogens with one attached hydrogen (secondary N) is 2. The van der Waals surface area contributed by atoms with E-state index in [9.17, 15) is 9.59 Å². The van der Waals surface area contributed by atoms with Gasteiger partial charge in [-0.15, -0.1) is 11.8 Å². The number of carbonyl (C=O) groups is 2. The third-order valence-electron chi connectivity index (χ3n) is 5.60. The van der Waals surface area contributed by atoms with Crippen molar-refractivity contribution < 1.29 is 9.59 Å². The fourth-order valence-corrected chi connectivity index (χ4v) is 3.89. The fourth-order valence-electron chi connectivity index (χ4n) is 3.44. The van der Waals surface area contributed by atoms with Gasteiger partial charge in [-0.25, -0.2) is 4.79 Å². The van der Waals surface area contributed by atoms with E-state index in [0.717, 1.165) is 16.1 Å². The van der Waals surface area contributed by atoms with Crippen LogP contribution in [-0.2, 0) is 11.3 Å². The second-order valence-electron chi connectivity index (χ2n) is 7.88. The Balaban J connectivity index is 1.50. The normalized spacial score (nSPS) is 15.6. The maximum absolute atomic E-state index is 12.8. The summed E-state index contributed by atoms with van der Waals surface area (Å²) in [4.78, 5) is 28.3. The van der Waals surface area contributed by atoms with Gasteiger partial charge in [0.05, 0.1) is 0 Å². The lowest BCUT2D eigenvalue weighted by Crippen LogP contribution is -2.49. The van der Waals surface area contributed by atoms with E-state index in [-0.39, 0.29) is 11.9 Å². The van der Waals surface area contributed by atoms with Crippen molar-refractivity contribution in [1.82, 2.24) is 10.2 Å². The highest BCUT2D eigenvalue weighted by Gasteiger charge is 2.37. The predicted molar refractivity (Wildman–Crippen MR) is 119 cm³/mol. The lowest BCUT2D eigenvalue weighted by Gasteiger charge is -2.38. The van der Waals surface area contributed by atoms with Gasteiger partial charge >= 0.3 is 6.03 Å². The van der Waals surface area contributed by atoms with Gasteiger partial charge < -0.3 is 15.5 Å². The van der Waals surface area contributed by atoms with Crippen molar-refractivity contribution in [2.45, 2.75) is 38.1 Å². The van der Waals surface area contributed by atoms with Crippen LogP contribution in [0.4, 0.5) is 10.5 Å². The quantitative estimate of drug-likeness (QED) is 0.703. The summed E-state index contributed by atoms with van der Waals surface area (Å²) >= 11 is 1.64. The zero-order valence-electron chi connectivity index (χ0n) is 17.3. The molecule has 1 saturated heterocycles. The molecule has 3 rings (SSSR count). The standard InChI is InChI=1S/C23H29N3O2S/c1-17-7-9-18(10-8-17)16-24-21(27)23(2)11-13-26(14-12-23)22(28)25-19-5-4-6-20(15-19)29-3/h4-10,15H,11-14,16H2,1-3H3,(H,24,27)(H,25,28). The molecule has 2 N–H and O–H groups in total. The number of piperidine rings is 1. The molecule has 1 fully saturated rings. The molecule has 1 aliphatic rings. The molecular formula is C23H29N3O2S. The molecule has 0 radical (unpaired) electrons. The molecule has 3 amide bonds. The molecule has 2 aromatic carbocycles. The molecule has 2 aromatic rings. The Hall–Kier alpha value is -2.47. The highest BCUT2D eigenvalue weighted by molar-refractivity contribution is 7.98. The van der Waals surface area contributed by atoms with E-state index in [2.05, 4.69) is 22.8 Å². The number of urea groups is 1. The topological polar surface area (TPSA) is 61.4 Å². The molecule has 0 aromatic heterocycles. The number of rotatable bonds is 5. The second-order valence-corrected chi connectivity index (χ2v) is 8.76. The van der Waals surface area contributed by atoms with Crippen molar-refractivity contribution in [2.24, 2.45) is 5.41 Å². The SMILES string of the molecule is CSc1cccc(NC(=O)N2CCC(C)(C(=O)NCc3ccc(C)cc3)CC2)c1. The van der Waals surface area contributed by atoms with Crippen LogP contribution in [-0.4, -0.2) is 36.2 Å². The Kier molecular flexibility index (Phi) is 6.85. The molecule has 1 heterocycles. The summed E-state index contributed by atoms with van der Waals surface area (Å²) in [5.74, 6) is 0.0609. The third-order valence-corrected chi connectivity index (χ3v) is 6.32. The highest BCUT2D eigenvalue weighted by Crippen LogP contribution is 2.31. The van der Waals surface area contributed by atoms with E-state index in [1.165, 1.54) is 5.56 Å². The molecule has 0 spiro atoms. The van der Waals surface area contributed by atoms with Crippen molar-refractivity contribution in [1.29, 1.82) is 0 Å². The van der Waals surface area contributed by atoms with Gasteiger partial charge in [0.2, 0.25) is 5.91 Å². The number of likely N-dealkylation sites (tertiary alicyclic amines) is 1. The number of nitrogens with zero attached hydrogens (tertiary/aromatic N) is 1. The molecule has 6 heteroatoms. The summed E-state index contributed by atoms with van der Waals surface area (Å²) in [5, 5.41) is 6.03. The Labute approximate surface area is 177 Å². The van der Waals surface area contributed by atoms with Crippen LogP contribution in [0.2, 0.25) is 0 Å². The van der Waals surface area contributed by atoms with Crippen LogP contribution >= 0.6 is 11.8 Å². The fraction of sp³-hybridized carbons (Fsp3) is 0.391. The first-order valence-corrected chi connectivity index (χ1v) is 11.2. The molecule has 0 unspecified atom stereocenters. The van der Waals surface area contributed by atoms with E-state index in [4.69, 9.17) is 0 Å². The molecule has 1 aliphatic heterocycles. The molecule has 0 atom stereocenters. The van der Waals surface area contributed by atoms with Crippen LogP contribution in [0, 0.1) is 12.3 Å². The Morgan fingerprint density at radius 2 is 1.79 bits per heavy atom. The molecule has 0 bridgehead atoms. The summed E-state index contributed by atoms with van der Waals surface area (Å²) < 4.78 is 0. The summed E-state index contributed by atoms with van der Waals surface area (Å²) in [6.45, 7) is 5.72. The summed E-state index contributed by atoms with van der Waals surface area (Å²) in [6.07, 6.45) is 3.33. The number of hydrogen-bond donors (Lipinski definition) is 2. The minimum atomic E-state index is -0.444. The van der Waals surface area contributed by atoms with Crippen LogP contribution in [0.5, 0.6) is 0 Å². The third kappa shape index (κ3) is 5.54. The number of aryl methyl sites for hydroxylation is 1. The number of hydrogen-bond acceptors (Lipinski definition) is 3. The summed E-state index contributed by atoms with van der Waals surface area (Å²) in [6, 6.07) is 15.9. The Morgan fingerprint density at radius 3 is 2.45 bits per heavy atom. The Morgan fingerprint density at radius 1 is 1.10 bits per heavy atom. The van der Waals surface area contributed by atoms with Crippen LogP contribution in [0.1, 0.15) is 30.9 Å². The van der Waals surface area contributed by atoms with E-state index >= 15 is 0 Å². The molecule has 0 aliphatic carbocycles. The largest absolute Gasteiger partial charge is 0.352 e. The van der Waals surface area contributed by atoms with Crippen LogP contribution in [0.3, 0.4) is 0 Å². The van der Waals surface area contributed by atoms with Gasteiger partial charge in [0.15, 0.2) is 0 Å². The number of anilines is 1. The predicted octanol–water partition coefficient (Wildman–Crippen LogP) is 4.67. The maximum atomic E-state index is 12.8. The minimum Gasteiger partial charge on any atom is -0.352 e. The molecule has 0 saturated carbocycles. The highest BCUT2D eigenvalue weighted by atomic mass is 32.2. The number of carbonyl (C=O) groups excluding carboxylic acids is 2. The van der Waals surface area contributed by atoms with Crippen LogP contribution < -0.4 is 10.6 Å². The monoisotopic (exact) mass is 411 g/mol. The first-order chi connectivity index (χ1) is 13.9. The van der Waals surface area contributed by atoms with Gasteiger partial charge in [0.1, 0.15) is 0 Å². The van der Waals surface area contributed by atoms with Crippen LogP contribution in [0.15, 0.2) is 53.4 Å². The first kappa shape index (κ1) is 21.2. The minimum absolute atomic E-state index is 0.0609. The lowest BCUT2D eigenvalue weighted by atomic mass is 9.79.